The van der Waals surface area contributed by atoms with Crippen molar-refractivity contribution in [3.8, 4) is 5.75 Å². The Hall–Kier alpha value is -1.69. The van der Waals surface area contributed by atoms with Gasteiger partial charge in [0.2, 0.25) is 0 Å². The number of benzene rings is 1. The summed E-state index contributed by atoms with van der Waals surface area (Å²) in [5.41, 5.74) is 5.69. The Bertz CT molecular complexity index is 479. The van der Waals surface area contributed by atoms with Crippen LogP contribution in [0, 0.1) is 5.82 Å². The molecule has 0 fully saturated rings. The Labute approximate surface area is 111 Å². The number of amides is 1. The normalized spacial score (nSPS) is 11.8. The van der Waals surface area contributed by atoms with Crippen molar-refractivity contribution in [2.75, 3.05) is 14.2 Å². The Balaban J connectivity index is 2.97. The number of carbonyl (C=O) groups is 1. The first-order valence-corrected chi connectivity index (χ1v) is 5.69. The van der Waals surface area contributed by atoms with E-state index in [1.165, 1.54) is 24.1 Å². The summed E-state index contributed by atoms with van der Waals surface area (Å²) in [6.07, 6.45) is 0. The van der Waals surface area contributed by atoms with Crippen LogP contribution >= 0.6 is 12.2 Å². The number of nitrogens with two attached hydrogens (primary N) is 1. The average Bonchev–Trinajstić information content (AvgIpc) is 2.35. The molecule has 0 spiro atoms. The summed E-state index contributed by atoms with van der Waals surface area (Å²) in [6, 6.07) is 3.64. The van der Waals surface area contributed by atoms with Crippen LogP contribution in [0.2, 0.25) is 0 Å². The van der Waals surface area contributed by atoms with Crippen LogP contribution in [0.25, 0.3) is 0 Å². The van der Waals surface area contributed by atoms with Crippen LogP contribution in [0.4, 0.5) is 4.39 Å². The zero-order valence-corrected chi connectivity index (χ0v) is 11.3. The second-order valence-electron chi connectivity index (χ2n) is 3.84. The highest BCUT2D eigenvalue weighted by Gasteiger charge is 2.20. The smallest absolute Gasteiger partial charge is 0.254 e. The van der Waals surface area contributed by atoms with Crippen molar-refractivity contribution in [3.63, 3.8) is 0 Å². The van der Waals surface area contributed by atoms with Gasteiger partial charge in [-0.3, -0.25) is 4.79 Å². The Morgan fingerprint density at radius 1 is 1.56 bits per heavy atom. The zero-order chi connectivity index (χ0) is 13.9. The summed E-state index contributed by atoms with van der Waals surface area (Å²) in [5, 5.41) is 0. The molecule has 0 aliphatic carbocycles. The molecule has 1 rings (SSSR count). The molecule has 0 saturated heterocycles. The summed E-state index contributed by atoms with van der Waals surface area (Å²) in [6.45, 7) is 1.71. The minimum absolute atomic E-state index is 0.0941. The van der Waals surface area contributed by atoms with E-state index in [-0.39, 0.29) is 22.2 Å². The van der Waals surface area contributed by atoms with Crippen molar-refractivity contribution in [1.29, 1.82) is 0 Å². The van der Waals surface area contributed by atoms with Crippen molar-refractivity contribution in [1.82, 2.24) is 4.90 Å². The van der Waals surface area contributed by atoms with Gasteiger partial charge in [-0.15, -0.1) is 0 Å². The van der Waals surface area contributed by atoms with Gasteiger partial charge in [-0.1, -0.05) is 12.2 Å². The fraction of sp³-hybridized carbons (Fsp3) is 0.333. The van der Waals surface area contributed by atoms with E-state index in [0.29, 0.717) is 0 Å². The number of rotatable bonds is 4. The molecule has 1 amide bonds. The van der Waals surface area contributed by atoms with Gasteiger partial charge < -0.3 is 15.4 Å². The molecule has 0 aromatic heterocycles. The quantitative estimate of drug-likeness (QED) is 0.844. The van der Waals surface area contributed by atoms with Crippen LogP contribution in [-0.2, 0) is 0 Å². The molecule has 6 heteroatoms. The maximum atomic E-state index is 13.5. The van der Waals surface area contributed by atoms with Crippen LogP contribution in [0.5, 0.6) is 5.75 Å². The standard InChI is InChI=1S/C12H15FN2O2S/c1-7(11(14)18)15(2)12(16)8-4-5-10(17-3)9(13)6-8/h4-7H,1-3H3,(H2,14,18). The largest absolute Gasteiger partial charge is 0.494 e. The number of methoxy groups -OCH3 is 1. The van der Waals surface area contributed by atoms with Crippen molar-refractivity contribution >= 4 is 23.1 Å². The number of likely N-dealkylation sites (N-methyl/N-ethyl adjacent to an activating group) is 1. The van der Waals surface area contributed by atoms with E-state index in [0.717, 1.165) is 6.07 Å². The first-order chi connectivity index (χ1) is 8.38. The maximum absolute atomic E-state index is 13.5. The third-order valence-corrected chi connectivity index (χ3v) is 3.05. The lowest BCUT2D eigenvalue weighted by Crippen LogP contribution is -2.42. The summed E-state index contributed by atoms with van der Waals surface area (Å²) in [5.74, 6) is -0.840. The number of hydrogen-bond donors (Lipinski definition) is 1. The van der Waals surface area contributed by atoms with Gasteiger partial charge in [-0.25, -0.2) is 4.39 Å². The van der Waals surface area contributed by atoms with Gasteiger partial charge in [-0.05, 0) is 25.1 Å². The highest BCUT2D eigenvalue weighted by molar-refractivity contribution is 7.80. The second kappa shape index (κ2) is 5.77. The molecule has 1 atom stereocenters. The lowest BCUT2D eigenvalue weighted by Gasteiger charge is -2.24. The molecule has 1 aromatic rings. The summed E-state index contributed by atoms with van der Waals surface area (Å²) < 4.78 is 18.3. The van der Waals surface area contributed by atoms with Gasteiger partial charge in [0.25, 0.3) is 5.91 Å². The van der Waals surface area contributed by atoms with Crippen LogP contribution in [-0.4, -0.2) is 36.0 Å². The van der Waals surface area contributed by atoms with Gasteiger partial charge in [0.15, 0.2) is 11.6 Å². The van der Waals surface area contributed by atoms with Gasteiger partial charge in [0, 0.05) is 12.6 Å². The van der Waals surface area contributed by atoms with Gasteiger partial charge in [-0.2, -0.15) is 0 Å². The third kappa shape index (κ3) is 2.95. The molecule has 0 radical (unpaired) electrons. The van der Waals surface area contributed by atoms with Crippen molar-refractivity contribution < 1.29 is 13.9 Å². The molecule has 98 valence electrons. The maximum Gasteiger partial charge on any atom is 0.254 e. The lowest BCUT2D eigenvalue weighted by atomic mass is 10.1. The number of nitrogens with zero attached hydrogens (tertiary/aromatic N) is 1. The summed E-state index contributed by atoms with van der Waals surface area (Å²) >= 11 is 4.82. The van der Waals surface area contributed by atoms with Crippen molar-refractivity contribution in [3.05, 3.63) is 29.6 Å². The van der Waals surface area contributed by atoms with E-state index in [2.05, 4.69) is 0 Å². The van der Waals surface area contributed by atoms with Crippen LogP contribution in [0.1, 0.15) is 17.3 Å². The SMILES string of the molecule is COc1ccc(C(=O)N(C)C(C)C(N)=S)cc1F. The third-order valence-electron chi connectivity index (χ3n) is 2.71. The van der Waals surface area contributed by atoms with E-state index < -0.39 is 11.9 Å². The fourth-order valence-electron chi connectivity index (χ4n) is 1.37. The molecule has 1 aromatic carbocycles. The van der Waals surface area contributed by atoms with Crippen molar-refractivity contribution in [2.24, 2.45) is 5.73 Å². The van der Waals surface area contributed by atoms with Gasteiger partial charge in [0.05, 0.1) is 18.1 Å². The van der Waals surface area contributed by atoms with Gasteiger partial charge in [0.1, 0.15) is 0 Å². The molecule has 1 unspecified atom stereocenters. The van der Waals surface area contributed by atoms with E-state index in [1.807, 2.05) is 0 Å². The number of hydrogen-bond acceptors (Lipinski definition) is 3. The molecule has 0 aliphatic rings. The molecule has 0 aliphatic heterocycles. The molecular formula is C12H15FN2O2S. The predicted molar refractivity (Wildman–Crippen MR) is 71.3 cm³/mol. The summed E-state index contributed by atoms with van der Waals surface area (Å²) in [7, 11) is 2.93. The van der Waals surface area contributed by atoms with Crippen LogP contribution in [0.15, 0.2) is 18.2 Å². The highest BCUT2D eigenvalue weighted by atomic mass is 32.1. The molecule has 4 nitrogen and oxygen atoms in total. The topological polar surface area (TPSA) is 55.6 Å². The van der Waals surface area contributed by atoms with Crippen LogP contribution < -0.4 is 10.5 Å². The second-order valence-corrected chi connectivity index (χ2v) is 4.32. The average molecular weight is 270 g/mol. The fourth-order valence-corrected chi connectivity index (χ4v) is 1.53. The first-order valence-electron chi connectivity index (χ1n) is 5.28. The molecular weight excluding hydrogens is 255 g/mol. The Kier molecular flexibility index (Phi) is 4.61. The molecule has 2 N–H and O–H groups in total. The summed E-state index contributed by atoms with van der Waals surface area (Å²) in [4.78, 5) is 13.6. The molecule has 18 heavy (non-hydrogen) atoms. The number of thiocarbonyl (C=S) groups is 1. The lowest BCUT2D eigenvalue weighted by molar-refractivity contribution is 0.0778. The predicted octanol–water partition coefficient (Wildman–Crippen LogP) is 1.58. The molecule has 0 saturated carbocycles. The van der Waals surface area contributed by atoms with Crippen molar-refractivity contribution in [2.45, 2.75) is 13.0 Å². The van der Waals surface area contributed by atoms with E-state index in [9.17, 15) is 9.18 Å². The Morgan fingerprint density at radius 3 is 2.61 bits per heavy atom. The van der Waals surface area contributed by atoms with E-state index in [1.54, 1.807) is 14.0 Å². The highest BCUT2D eigenvalue weighted by Crippen LogP contribution is 2.18. The van der Waals surface area contributed by atoms with Crippen LogP contribution in [0.3, 0.4) is 0 Å². The molecule has 0 heterocycles. The number of ether oxygens (including phenoxy) is 1. The van der Waals surface area contributed by atoms with Gasteiger partial charge >= 0.3 is 0 Å². The minimum Gasteiger partial charge on any atom is -0.494 e. The monoisotopic (exact) mass is 270 g/mol. The minimum atomic E-state index is -0.584. The first kappa shape index (κ1) is 14.4. The van der Waals surface area contributed by atoms with E-state index >= 15 is 0 Å². The zero-order valence-electron chi connectivity index (χ0n) is 10.4. The van der Waals surface area contributed by atoms with E-state index in [4.69, 9.17) is 22.7 Å². The Morgan fingerprint density at radius 2 is 2.17 bits per heavy atom. The number of carbonyl (C=O) groups excluding carboxylic acids is 1. The molecule has 0 bridgehead atoms. The number of halogens is 1.